The van der Waals surface area contributed by atoms with Crippen molar-refractivity contribution in [2.24, 2.45) is 0 Å². The molecule has 24 heteroatoms. The molecule has 0 spiro atoms. The summed E-state index contributed by atoms with van der Waals surface area (Å²) in [7, 11) is -6.61. The monoisotopic (exact) mass is 610 g/mol. The van der Waals surface area contributed by atoms with E-state index in [-0.39, 0.29) is 0 Å². The number of rotatable bonds is 11. The van der Waals surface area contributed by atoms with Crippen LogP contribution < -0.4 is 0 Å². The minimum Gasteiger partial charge on any atom is -0.263 e. The van der Waals surface area contributed by atoms with Crippen LogP contribution in [0.5, 0.6) is 0 Å². The Morgan fingerprint density at radius 1 is 0.472 bits per heavy atom. The minimum atomic E-state index is -8.81. The van der Waals surface area contributed by atoms with Gasteiger partial charge >= 0.3 is 63.3 Å². The van der Waals surface area contributed by atoms with E-state index >= 15 is 0 Å². The highest BCUT2D eigenvalue weighted by molar-refractivity contribution is 7.87. The van der Waals surface area contributed by atoms with Gasteiger partial charge in [0.05, 0.1) is 6.61 Å². The van der Waals surface area contributed by atoms with Gasteiger partial charge in [-0.05, 0) is 6.42 Å². The van der Waals surface area contributed by atoms with Gasteiger partial charge in [0.15, 0.2) is 0 Å². The van der Waals surface area contributed by atoms with Crippen molar-refractivity contribution in [1.29, 1.82) is 0 Å². The Bertz CT molecular complexity index is 883. The zero-order chi connectivity index (χ0) is 29.8. The Hall–Kier alpha value is -1.49. The molecule has 0 saturated heterocycles. The Morgan fingerprint density at radius 2 is 0.778 bits per heavy atom. The Balaban J connectivity index is 6.21. The fraction of sp³-hybridized carbons (Fsp3) is 1.00. The van der Waals surface area contributed by atoms with E-state index in [0.29, 0.717) is 0 Å². The van der Waals surface area contributed by atoms with Crippen LogP contribution in [0.1, 0.15) is 12.8 Å². The highest BCUT2D eigenvalue weighted by Gasteiger charge is 2.95. The van der Waals surface area contributed by atoms with Crippen LogP contribution in [0.4, 0.5) is 87.8 Å². The zero-order valence-electron chi connectivity index (χ0n) is 15.8. The van der Waals surface area contributed by atoms with Crippen molar-refractivity contribution in [3.8, 4) is 0 Å². The molecule has 0 rings (SSSR count). The van der Waals surface area contributed by atoms with E-state index in [2.05, 4.69) is 4.18 Å². The van der Waals surface area contributed by atoms with Gasteiger partial charge < -0.3 is 0 Å². The number of hydrogen-bond acceptors (Lipinski definition) is 3. The largest absolute Gasteiger partial charge is 0.523 e. The van der Waals surface area contributed by atoms with E-state index in [1.54, 1.807) is 0 Å². The summed E-state index contributed by atoms with van der Waals surface area (Å²) in [5.41, 5.74) is -6.25. The van der Waals surface area contributed by atoms with E-state index in [0.717, 1.165) is 0 Å². The molecule has 36 heavy (non-hydrogen) atoms. The summed E-state index contributed by atoms with van der Waals surface area (Å²) in [6, 6.07) is 0. The highest BCUT2D eigenvalue weighted by Crippen LogP contribution is 2.64. The Morgan fingerprint density at radius 3 is 1.08 bits per heavy atom. The smallest absolute Gasteiger partial charge is 0.263 e. The molecule has 0 unspecified atom stereocenters. The van der Waals surface area contributed by atoms with Crippen LogP contribution in [0, 0.1) is 0 Å². The third-order valence-corrected chi connectivity index (χ3v) is 4.99. The SMILES string of the molecule is O=S(=O)(OCCCC(F)(F)C(F)(F)C(F)(F)C(F)(F)C(F)(F)C(F)(F)C(F)(F)C(F)(F)F)C(F)(F)F. The van der Waals surface area contributed by atoms with Gasteiger partial charge in [-0.2, -0.15) is 96.2 Å². The van der Waals surface area contributed by atoms with Gasteiger partial charge in [-0.3, -0.25) is 4.18 Å². The van der Waals surface area contributed by atoms with E-state index < -0.39 is 82.7 Å². The molecular weight excluding hydrogens is 604 g/mol. The first-order valence-electron chi connectivity index (χ1n) is 7.88. The first-order valence-corrected chi connectivity index (χ1v) is 9.28. The molecule has 218 valence electrons. The van der Waals surface area contributed by atoms with Crippen LogP contribution in [0.15, 0.2) is 0 Å². The Kier molecular flexibility index (Phi) is 8.69. The number of hydrogen-bond donors (Lipinski definition) is 0. The molecule has 0 saturated carbocycles. The molecule has 0 aliphatic carbocycles. The lowest BCUT2D eigenvalue weighted by Gasteiger charge is -2.42. The molecule has 0 aromatic rings. The van der Waals surface area contributed by atoms with Crippen LogP contribution in [0.25, 0.3) is 0 Å². The van der Waals surface area contributed by atoms with Crippen molar-refractivity contribution in [1.82, 2.24) is 0 Å². The molecule has 0 amide bonds. The molecule has 0 aliphatic rings. The molecule has 0 aliphatic heterocycles. The molecule has 0 radical (unpaired) electrons. The molecule has 0 N–H and O–H groups in total. The third-order valence-electron chi connectivity index (χ3n) is 3.94. The van der Waals surface area contributed by atoms with Crippen LogP contribution in [-0.2, 0) is 14.3 Å². The molecule has 3 nitrogen and oxygen atoms in total. The molecule has 0 fully saturated rings. The van der Waals surface area contributed by atoms with Crippen LogP contribution in [0.3, 0.4) is 0 Å². The lowest BCUT2D eigenvalue weighted by Crippen LogP contribution is -2.74. The van der Waals surface area contributed by atoms with Crippen molar-refractivity contribution >= 4 is 10.1 Å². The fourth-order valence-corrected chi connectivity index (χ4v) is 2.35. The second kappa shape index (κ2) is 9.06. The Labute approximate surface area is 184 Å². The van der Waals surface area contributed by atoms with Crippen molar-refractivity contribution in [3.63, 3.8) is 0 Å². The first kappa shape index (κ1) is 34.5. The quantitative estimate of drug-likeness (QED) is 0.114. The standard InChI is InChI=1S/C12H6F20O3S/c13-4(14,2-1-3-35-36(33,34)12(30,31)32)5(15,16)6(17,18)7(19,20)8(21,22)9(23,24)10(25,26)11(27,28)29/h1-3H2. The van der Waals surface area contributed by atoms with Gasteiger partial charge in [0.25, 0.3) is 0 Å². The topological polar surface area (TPSA) is 43.4 Å². The maximum Gasteiger partial charge on any atom is 0.523 e. The second-order valence-electron chi connectivity index (χ2n) is 6.47. The maximum absolute atomic E-state index is 13.5. The van der Waals surface area contributed by atoms with Gasteiger partial charge in [-0.15, -0.1) is 0 Å². The fourth-order valence-electron chi connectivity index (χ4n) is 1.88. The van der Waals surface area contributed by atoms with Gasteiger partial charge in [0.2, 0.25) is 0 Å². The van der Waals surface area contributed by atoms with Crippen molar-refractivity contribution < 1.29 is 100 Å². The normalized spacial score (nSPS) is 16.4. The van der Waals surface area contributed by atoms with Crippen molar-refractivity contribution in [2.75, 3.05) is 6.61 Å². The average molecular weight is 610 g/mol. The number of alkyl halides is 20. The predicted octanol–water partition coefficient (Wildman–Crippen LogP) is 6.64. The highest BCUT2D eigenvalue weighted by atomic mass is 32.2. The molecule has 0 aromatic carbocycles. The van der Waals surface area contributed by atoms with Gasteiger partial charge in [-0.25, -0.2) is 0 Å². The van der Waals surface area contributed by atoms with Crippen LogP contribution >= 0.6 is 0 Å². The van der Waals surface area contributed by atoms with E-state index in [4.69, 9.17) is 0 Å². The average Bonchev–Trinajstić information content (AvgIpc) is 2.62. The number of halogens is 20. The van der Waals surface area contributed by atoms with Crippen LogP contribution in [-0.4, -0.2) is 68.2 Å². The summed E-state index contributed by atoms with van der Waals surface area (Å²) in [5.74, 6) is -58.0. The molecule has 0 aromatic heterocycles. The van der Waals surface area contributed by atoms with E-state index in [1.165, 1.54) is 0 Å². The van der Waals surface area contributed by atoms with Gasteiger partial charge in [0.1, 0.15) is 0 Å². The van der Waals surface area contributed by atoms with Crippen LogP contribution in [0.2, 0.25) is 0 Å². The summed E-state index contributed by atoms with van der Waals surface area (Å²) in [4.78, 5) is 0. The summed E-state index contributed by atoms with van der Waals surface area (Å²) in [6.07, 6.45) is -13.2. The van der Waals surface area contributed by atoms with Crippen molar-refractivity contribution in [3.05, 3.63) is 0 Å². The zero-order valence-corrected chi connectivity index (χ0v) is 16.6. The summed E-state index contributed by atoms with van der Waals surface area (Å²) in [5, 5.41) is 0. The molecule has 0 heterocycles. The van der Waals surface area contributed by atoms with Gasteiger partial charge in [0, 0.05) is 6.42 Å². The molecule has 0 atom stereocenters. The lowest BCUT2D eigenvalue weighted by atomic mass is 9.88. The molecular formula is C12H6F20O3S. The second-order valence-corrected chi connectivity index (χ2v) is 8.08. The summed E-state index contributed by atoms with van der Waals surface area (Å²) >= 11 is 0. The summed E-state index contributed by atoms with van der Waals surface area (Å²) < 4.78 is 280. The minimum absolute atomic E-state index is 2.20. The van der Waals surface area contributed by atoms with E-state index in [9.17, 15) is 96.2 Å². The lowest BCUT2D eigenvalue weighted by molar-refractivity contribution is -0.461. The molecule has 0 bridgehead atoms. The summed E-state index contributed by atoms with van der Waals surface area (Å²) in [6.45, 7) is -2.22. The maximum atomic E-state index is 13.5. The van der Waals surface area contributed by atoms with Crippen molar-refractivity contribution in [2.45, 2.75) is 66.0 Å². The predicted molar refractivity (Wildman–Crippen MR) is 70.8 cm³/mol. The third kappa shape index (κ3) is 5.11. The first-order chi connectivity index (χ1) is 15.2. The van der Waals surface area contributed by atoms with E-state index in [1.807, 2.05) is 0 Å². The van der Waals surface area contributed by atoms with Gasteiger partial charge in [-0.1, -0.05) is 0 Å².